The van der Waals surface area contributed by atoms with Crippen molar-refractivity contribution < 1.29 is 36.6 Å². The maximum atomic E-state index is 14.6. The number of amides is 1. The quantitative estimate of drug-likeness (QED) is 0.347. The van der Waals surface area contributed by atoms with E-state index < -0.39 is 48.4 Å². The Kier molecular flexibility index (Phi) is 7.65. The SMILES string of the molecule is N/C(=C\C(=O)C(=O)Nc1c(-c2cc(F)ccc2F)ncnc1C1CCC(F)(F)CO1)C1CCOCC1. The maximum Gasteiger partial charge on any atom is 0.296 e. The van der Waals surface area contributed by atoms with Gasteiger partial charge in [0.25, 0.3) is 11.8 Å². The number of aromatic nitrogens is 2. The highest BCUT2D eigenvalue weighted by Gasteiger charge is 2.38. The number of benzene rings is 1. The summed E-state index contributed by atoms with van der Waals surface area (Å²) in [6.07, 6.45) is 1.54. The monoisotopic (exact) mass is 508 g/mol. The van der Waals surface area contributed by atoms with Crippen LogP contribution in [0.25, 0.3) is 11.3 Å². The van der Waals surface area contributed by atoms with Crippen molar-refractivity contribution in [1.82, 2.24) is 9.97 Å². The van der Waals surface area contributed by atoms with Crippen LogP contribution >= 0.6 is 0 Å². The molecule has 1 aromatic heterocycles. The highest BCUT2D eigenvalue weighted by Crippen LogP contribution is 2.40. The number of ketones is 1. The molecular formula is C24H24F4N4O4. The Hall–Kier alpha value is -3.38. The van der Waals surface area contributed by atoms with Gasteiger partial charge in [-0.2, -0.15) is 0 Å². The molecule has 0 bridgehead atoms. The van der Waals surface area contributed by atoms with Gasteiger partial charge in [-0.15, -0.1) is 0 Å². The van der Waals surface area contributed by atoms with Crippen LogP contribution in [0, 0.1) is 17.6 Å². The van der Waals surface area contributed by atoms with Crippen molar-refractivity contribution in [3.8, 4) is 11.3 Å². The van der Waals surface area contributed by atoms with Crippen LogP contribution in [-0.2, 0) is 19.1 Å². The van der Waals surface area contributed by atoms with E-state index in [0.29, 0.717) is 26.1 Å². The number of hydrogen-bond donors (Lipinski definition) is 2. The number of ether oxygens (including phenoxy) is 2. The van der Waals surface area contributed by atoms with Gasteiger partial charge in [0.15, 0.2) is 0 Å². The Bertz CT molecular complexity index is 1170. The van der Waals surface area contributed by atoms with Crippen LogP contribution in [0.15, 0.2) is 36.3 Å². The van der Waals surface area contributed by atoms with Gasteiger partial charge < -0.3 is 20.5 Å². The van der Waals surface area contributed by atoms with Crippen LogP contribution in [0.5, 0.6) is 0 Å². The van der Waals surface area contributed by atoms with Crippen molar-refractivity contribution in [2.45, 2.75) is 37.7 Å². The van der Waals surface area contributed by atoms with Gasteiger partial charge in [-0.3, -0.25) is 9.59 Å². The molecule has 1 amide bonds. The Morgan fingerprint density at radius 2 is 1.89 bits per heavy atom. The third kappa shape index (κ3) is 5.88. The second-order valence-corrected chi connectivity index (χ2v) is 8.65. The summed E-state index contributed by atoms with van der Waals surface area (Å²) in [4.78, 5) is 33.5. The molecular weight excluding hydrogens is 484 g/mol. The van der Waals surface area contributed by atoms with E-state index in [2.05, 4.69) is 15.3 Å². The zero-order valence-electron chi connectivity index (χ0n) is 19.1. The number of nitrogens with one attached hydrogen (secondary N) is 1. The fourth-order valence-corrected chi connectivity index (χ4v) is 4.13. The first-order valence-electron chi connectivity index (χ1n) is 11.3. The molecule has 3 heterocycles. The number of halogens is 4. The lowest BCUT2D eigenvalue weighted by Crippen LogP contribution is -2.32. The fourth-order valence-electron chi connectivity index (χ4n) is 4.13. The van der Waals surface area contributed by atoms with Gasteiger partial charge in [0.05, 0.1) is 11.4 Å². The van der Waals surface area contributed by atoms with Gasteiger partial charge in [-0.05, 0) is 37.5 Å². The van der Waals surface area contributed by atoms with Crippen LogP contribution in [0.4, 0.5) is 23.2 Å². The molecule has 2 fully saturated rings. The molecule has 2 aromatic rings. The first-order valence-corrected chi connectivity index (χ1v) is 11.3. The molecule has 1 aromatic carbocycles. The number of nitrogens with zero attached hydrogens (tertiary/aromatic N) is 2. The number of anilines is 1. The summed E-state index contributed by atoms with van der Waals surface area (Å²) in [5.41, 5.74) is 5.39. The van der Waals surface area contributed by atoms with E-state index in [4.69, 9.17) is 15.2 Å². The second kappa shape index (κ2) is 10.7. The van der Waals surface area contributed by atoms with Crippen molar-refractivity contribution in [2.75, 3.05) is 25.1 Å². The summed E-state index contributed by atoms with van der Waals surface area (Å²) in [6.45, 7) is 0.0720. The van der Waals surface area contributed by atoms with Gasteiger partial charge >= 0.3 is 0 Å². The largest absolute Gasteiger partial charge is 0.402 e. The lowest BCUT2D eigenvalue weighted by atomic mass is 9.96. The molecule has 192 valence electrons. The van der Waals surface area contributed by atoms with Crippen molar-refractivity contribution in [3.05, 3.63) is 53.6 Å². The van der Waals surface area contributed by atoms with E-state index in [1.165, 1.54) is 0 Å². The molecule has 3 N–H and O–H groups in total. The zero-order chi connectivity index (χ0) is 25.9. The Labute approximate surface area is 203 Å². The van der Waals surface area contributed by atoms with Gasteiger partial charge in [-0.25, -0.2) is 27.5 Å². The number of carbonyl (C=O) groups is 2. The van der Waals surface area contributed by atoms with Crippen LogP contribution in [0.1, 0.15) is 37.5 Å². The highest BCUT2D eigenvalue weighted by molar-refractivity contribution is 6.45. The summed E-state index contributed by atoms with van der Waals surface area (Å²) >= 11 is 0. The van der Waals surface area contributed by atoms with E-state index in [-0.39, 0.29) is 40.7 Å². The number of alkyl halides is 2. The van der Waals surface area contributed by atoms with E-state index in [0.717, 1.165) is 30.6 Å². The molecule has 2 aliphatic heterocycles. The van der Waals surface area contributed by atoms with Gasteiger partial charge in [0, 0.05) is 42.9 Å². The third-order valence-electron chi connectivity index (χ3n) is 6.09. The number of rotatable bonds is 6. The van der Waals surface area contributed by atoms with E-state index in [1.54, 1.807) is 0 Å². The minimum absolute atomic E-state index is 0.0401. The summed E-state index contributed by atoms with van der Waals surface area (Å²) in [7, 11) is 0. The normalized spacial score (nSPS) is 20.7. The maximum absolute atomic E-state index is 14.6. The predicted octanol–water partition coefficient (Wildman–Crippen LogP) is 3.69. The minimum atomic E-state index is -3.03. The summed E-state index contributed by atoms with van der Waals surface area (Å²) < 4.78 is 66.3. The average Bonchev–Trinajstić information content (AvgIpc) is 2.86. The highest BCUT2D eigenvalue weighted by atomic mass is 19.3. The molecule has 8 nitrogen and oxygen atoms in total. The fraction of sp³-hybridized carbons (Fsp3) is 0.417. The van der Waals surface area contributed by atoms with Crippen LogP contribution in [-0.4, -0.2) is 47.4 Å². The Morgan fingerprint density at radius 3 is 2.58 bits per heavy atom. The summed E-state index contributed by atoms with van der Waals surface area (Å²) in [5.74, 6) is -6.92. The molecule has 4 rings (SSSR count). The Balaban J connectivity index is 1.68. The van der Waals surface area contributed by atoms with Crippen molar-refractivity contribution in [2.24, 2.45) is 11.7 Å². The zero-order valence-corrected chi connectivity index (χ0v) is 19.1. The number of nitrogens with two attached hydrogens (primary N) is 1. The smallest absolute Gasteiger partial charge is 0.296 e. The van der Waals surface area contributed by atoms with E-state index >= 15 is 0 Å². The minimum Gasteiger partial charge on any atom is -0.402 e. The first kappa shape index (κ1) is 25.7. The van der Waals surface area contributed by atoms with E-state index in [9.17, 15) is 27.2 Å². The molecule has 0 saturated carbocycles. The molecule has 0 radical (unpaired) electrons. The lowest BCUT2D eigenvalue weighted by molar-refractivity contribution is -0.146. The second-order valence-electron chi connectivity index (χ2n) is 8.65. The molecule has 2 saturated heterocycles. The average molecular weight is 508 g/mol. The third-order valence-corrected chi connectivity index (χ3v) is 6.09. The van der Waals surface area contributed by atoms with Crippen molar-refractivity contribution >= 4 is 17.4 Å². The standard InChI is InChI=1S/C24H24F4N4O4/c25-14-1-2-16(26)15(9-14)20-22(21(31-12-30-20)19-3-6-24(27,28)11-36-19)32-23(34)18(33)10-17(29)13-4-7-35-8-5-13/h1-2,9-10,12-13,19H,3-8,11,29H2,(H,32,34)/b17-10-. The summed E-state index contributed by atoms with van der Waals surface area (Å²) in [6, 6.07) is 2.63. The predicted molar refractivity (Wildman–Crippen MR) is 120 cm³/mol. The van der Waals surface area contributed by atoms with Crippen LogP contribution in [0.2, 0.25) is 0 Å². The summed E-state index contributed by atoms with van der Waals surface area (Å²) in [5, 5.41) is 2.36. The molecule has 1 atom stereocenters. The van der Waals surface area contributed by atoms with Gasteiger partial charge in [-0.1, -0.05) is 0 Å². The molecule has 0 spiro atoms. The van der Waals surface area contributed by atoms with Crippen molar-refractivity contribution in [1.29, 1.82) is 0 Å². The lowest BCUT2D eigenvalue weighted by Gasteiger charge is -2.29. The number of carbonyl (C=O) groups excluding carboxylic acids is 2. The molecule has 2 aliphatic rings. The molecule has 36 heavy (non-hydrogen) atoms. The molecule has 1 unspecified atom stereocenters. The topological polar surface area (TPSA) is 116 Å². The van der Waals surface area contributed by atoms with Crippen molar-refractivity contribution in [3.63, 3.8) is 0 Å². The molecule has 12 heteroatoms. The van der Waals surface area contributed by atoms with Gasteiger partial charge in [0.1, 0.15) is 36.4 Å². The van der Waals surface area contributed by atoms with Crippen LogP contribution in [0.3, 0.4) is 0 Å². The first-order chi connectivity index (χ1) is 17.1. The van der Waals surface area contributed by atoms with E-state index in [1.807, 2.05) is 0 Å². The Morgan fingerprint density at radius 1 is 1.14 bits per heavy atom. The number of hydrogen-bond acceptors (Lipinski definition) is 7. The molecule has 0 aliphatic carbocycles. The van der Waals surface area contributed by atoms with Gasteiger partial charge in [0.2, 0.25) is 5.78 Å². The number of allylic oxidation sites excluding steroid dienone is 1. The van der Waals surface area contributed by atoms with Crippen LogP contribution < -0.4 is 11.1 Å².